The number of aliphatic imine (C=N–C) groups is 1. The Kier molecular flexibility index (Phi) is 2.90. The molecule has 0 unspecified atom stereocenters. The predicted octanol–water partition coefficient (Wildman–Crippen LogP) is 1.67. The van der Waals surface area contributed by atoms with Crippen molar-refractivity contribution in [3.8, 4) is 0 Å². The number of isothiocyanates is 1. The molecule has 0 saturated heterocycles. The monoisotopic (exact) mass is 215 g/mol. The van der Waals surface area contributed by atoms with Gasteiger partial charge in [-0.3, -0.25) is 4.55 Å². The van der Waals surface area contributed by atoms with Gasteiger partial charge < -0.3 is 0 Å². The van der Waals surface area contributed by atoms with Crippen molar-refractivity contribution in [3.05, 3.63) is 24.3 Å². The van der Waals surface area contributed by atoms with E-state index in [0.29, 0.717) is 5.69 Å². The minimum Gasteiger partial charge on any atom is -0.282 e. The molecule has 6 heteroatoms. The van der Waals surface area contributed by atoms with E-state index >= 15 is 0 Å². The van der Waals surface area contributed by atoms with Gasteiger partial charge in [-0.1, -0.05) is 0 Å². The highest BCUT2D eigenvalue weighted by molar-refractivity contribution is 7.85. The topological polar surface area (TPSA) is 66.7 Å². The number of hydrogen-bond donors (Lipinski definition) is 1. The second kappa shape index (κ2) is 3.76. The van der Waals surface area contributed by atoms with Crippen LogP contribution in [0.25, 0.3) is 0 Å². The summed E-state index contributed by atoms with van der Waals surface area (Å²) in [4.78, 5) is 3.45. The quantitative estimate of drug-likeness (QED) is 0.463. The molecule has 0 saturated carbocycles. The first kappa shape index (κ1) is 10.0. The van der Waals surface area contributed by atoms with Crippen LogP contribution in [0.15, 0.2) is 34.2 Å². The van der Waals surface area contributed by atoms with Crippen molar-refractivity contribution in [2.24, 2.45) is 4.99 Å². The highest BCUT2D eigenvalue weighted by atomic mass is 32.2. The molecular weight excluding hydrogens is 210 g/mol. The van der Waals surface area contributed by atoms with Gasteiger partial charge in [0.1, 0.15) is 0 Å². The van der Waals surface area contributed by atoms with Crippen LogP contribution in [0.4, 0.5) is 5.69 Å². The molecular formula is C7H5NO3S2. The first-order valence-corrected chi connectivity index (χ1v) is 5.04. The number of rotatable bonds is 2. The van der Waals surface area contributed by atoms with E-state index < -0.39 is 10.1 Å². The van der Waals surface area contributed by atoms with Crippen LogP contribution in [-0.2, 0) is 10.1 Å². The van der Waals surface area contributed by atoms with Crippen LogP contribution in [0, 0.1) is 0 Å². The maximum absolute atomic E-state index is 10.6. The third-order valence-corrected chi connectivity index (χ3v) is 2.27. The fourth-order valence-electron chi connectivity index (χ4n) is 0.745. The molecule has 0 aliphatic rings. The summed E-state index contributed by atoms with van der Waals surface area (Å²) < 4.78 is 29.8. The Labute approximate surface area is 80.7 Å². The summed E-state index contributed by atoms with van der Waals surface area (Å²) in [5, 5.41) is 2.14. The van der Waals surface area contributed by atoms with Crippen molar-refractivity contribution in [3.63, 3.8) is 0 Å². The van der Waals surface area contributed by atoms with Crippen LogP contribution in [0.5, 0.6) is 0 Å². The summed E-state index contributed by atoms with van der Waals surface area (Å²) in [6.07, 6.45) is 0. The third-order valence-electron chi connectivity index (χ3n) is 1.31. The van der Waals surface area contributed by atoms with Crippen molar-refractivity contribution in [1.82, 2.24) is 0 Å². The zero-order valence-corrected chi connectivity index (χ0v) is 7.97. The Morgan fingerprint density at radius 3 is 2.23 bits per heavy atom. The van der Waals surface area contributed by atoms with Gasteiger partial charge in [0.05, 0.1) is 15.7 Å². The molecule has 0 amide bonds. The van der Waals surface area contributed by atoms with Gasteiger partial charge in [0.15, 0.2) is 0 Å². The minimum atomic E-state index is -4.12. The van der Waals surface area contributed by atoms with Crippen molar-refractivity contribution in [2.45, 2.75) is 4.90 Å². The zero-order valence-electron chi connectivity index (χ0n) is 6.34. The van der Waals surface area contributed by atoms with Crippen molar-refractivity contribution >= 4 is 33.2 Å². The fraction of sp³-hybridized carbons (Fsp3) is 0. The lowest BCUT2D eigenvalue weighted by Gasteiger charge is -1.95. The lowest BCUT2D eigenvalue weighted by molar-refractivity contribution is 0.483. The van der Waals surface area contributed by atoms with Crippen LogP contribution in [0.2, 0.25) is 0 Å². The molecule has 0 spiro atoms. The lowest BCUT2D eigenvalue weighted by atomic mass is 10.3. The van der Waals surface area contributed by atoms with Gasteiger partial charge in [0.2, 0.25) is 0 Å². The summed E-state index contributed by atoms with van der Waals surface area (Å²) in [5.74, 6) is 0. The van der Waals surface area contributed by atoms with Gasteiger partial charge in [-0.25, -0.2) is 0 Å². The smallest absolute Gasteiger partial charge is 0.282 e. The van der Waals surface area contributed by atoms with Gasteiger partial charge in [-0.15, -0.1) is 0 Å². The summed E-state index contributed by atoms with van der Waals surface area (Å²) in [6.45, 7) is 0. The highest BCUT2D eigenvalue weighted by Gasteiger charge is 2.07. The van der Waals surface area contributed by atoms with Crippen LogP contribution < -0.4 is 0 Å². The van der Waals surface area contributed by atoms with E-state index in [-0.39, 0.29) is 4.90 Å². The Balaban J connectivity index is 3.15. The third kappa shape index (κ3) is 2.71. The van der Waals surface area contributed by atoms with Gasteiger partial charge >= 0.3 is 0 Å². The number of nitrogens with zero attached hydrogens (tertiary/aromatic N) is 1. The van der Waals surface area contributed by atoms with E-state index in [1.807, 2.05) is 0 Å². The molecule has 1 rings (SSSR count). The van der Waals surface area contributed by atoms with Gasteiger partial charge in [0, 0.05) is 0 Å². The van der Waals surface area contributed by atoms with Crippen LogP contribution >= 0.6 is 12.2 Å². The second-order valence-corrected chi connectivity index (χ2v) is 3.78. The van der Waals surface area contributed by atoms with E-state index in [1.165, 1.54) is 24.3 Å². The Bertz CT molecular complexity index is 443. The molecule has 0 bridgehead atoms. The first-order chi connectivity index (χ1) is 6.04. The van der Waals surface area contributed by atoms with Crippen molar-refractivity contribution in [1.29, 1.82) is 0 Å². The average Bonchev–Trinajstić information content (AvgIpc) is 2.04. The maximum atomic E-state index is 10.6. The fourth-order valence-corrected chi connectivity index (χ4v) is 1.33. The molecule has 0 fully saturated rings. The standard InChI is InChI=1S/C7H5NO3S2/c9-13(10,11)7-3-1-6(2-4-7)8-5-12/h1-4H,(H,9,10,11). The molecule has 1 N–H and O–H groups in total. The molecule has 0 heterocycles. The van der Waals surface area contributed by atoms with Crippen molar-refractivity contribution < 1.29 is 13.0 Å². The number of benzene rings is 1. The van der Waals surface area contributed by atoms with Crippen LogP contribution in [0.1, 0.15) is 0 Å². The molecule has 0 radical (unpaired) electrons. The summed E-state index contributed by atoms with van der Waals surface area (Å²) in [5.41, 5.74) is 0.488. The van der Waals surface area contributed by atoms with Gasteiger partial charge in [-0.05, 0) is 36.5 Å². The van der Waals surface area contributed by atoms with E-state index in [1.54, 1.807) is 0 Å². The molecule has 0 atom stereocenters. The van der Waals surface area contributed by atoms with Crippen LogP contribution in [0.3, 0.4) is 0 Å². The number of thiocarbonyl (C=S) groups is 1. The van der Waals surface area contributed by atoms with Gasteiger partial charge in [-0.2, -0.15) is 13.4 Å². The molecule has 1 aromatic rings. The number of hydrogen-bond acceptors (Lipinski definition) is 4. The van der Waals surface area contributed by atoms with Gasteiger partial charge in [0.25, 0.3) is 10.1 Å². The molecule has 13 heavy (non-hydrogen) atoms. The molecule has 0 aliphatic heterocycles. The normalized spacial score (nSPS) is 10.5. The summed E-state index contributed by atoms with van der Waals surface area (Å²) >= 11 is 4.36. The molecule has 1 aromatic carbocycles. The van der Waals surface area contributed by atoms with E-state index in [0.717, 1.165) is 0 Å². The predicted molar refractivity (Wildman–Crippen MR) is 50.9 cm³/mol. The van der Waals surface area contributed by atoms with E-state index in [4.69, 9.17) is 4.55 Å². The summed E-state index contributed by atoms with van der Waals surface area (Å²) in [6, 6.07) is 5.31. The highest BCUT2D eigenvalue weighted by Crippen LogP contribution is 2.15. The van der Waals surface area contributed by atoms with E-state index in [9.17, 15) is 8.42 Å². The first-order valence-electron chi connectivity index (χ1n) is 3.19. The Morgan fingerprint density at radius 2 is 1.85 bits per heavy atom. The van der Waals surface area contributed by atoms with Crippen molar-refractivity contribution in [2.75, 3.05) is 0 Å². The Hall–Kier alpha value is -1.07. The largest absolute Gasteiger partial charge is 0.294 e. The molecule has 68 valence electrons. The SMILES string of the molecule is O=S(=O)(O)c1ccc(N=C=S)cc1. The summed E-state index contributed by atoms with van der Waals surface area (Å²) in [7, 11) is -4.12. The molecule has 0 aliphatic carbocycles. The molecule has 0 aromatic heterocycles. The average molecular weight is 215 g/mol. The lowest BCUT2D eigenvalue weighted by Crippen LogP contribution is -1.96. The maximum Gasteiger partial charge on any atom is 0.294 e. The minimum absolute atomic E-state index is 0.171. The van der Waals surface area contributed by atoms with E-state index in [2.05, 4.69) is 22.4 Å². The Morgan fingerprint density at radius 1 is 1.31 bits per heavy atom. The zero-order chi connectivity index (χ0) is 9.90. The second-order valence-electron chi connectivity index (χ2n) is 2.17. The van der Waals surface area contributed by atoms with Crippen LogP contribution in [-0.4, -0.2) is 18.1 Å². The molecule has 4 nitrogen and oxygen atoms in total.